The van der Waals surface area contributed by atoms with Gasteiger partial charge in [0.25, 0.3) is 0 Å². The highest BCUT2D eigenvalue weighted by Gasteiger charge is 2.15. The van der Waals surface area contributed by atoms with E-state index < -0.39 is 0 Å². The lowest BCUT2D eigenvalue weighted by Gasteiger charge is -2.32. The number of hydrogen-bond donors (Lipinski definition) is 1. The van der Waals surface area contributed by atoms with E-state index in [1.807, 2.05) is 0 Å². The average molecular weight is 285 g/mol. The topological polar surface area (TPSA) is 24.5 Å². The molecule has 0 fully saturated rings. The number of rotatable bonds is 4. The zero-order valence-electron chi connectivity index (χ0n) is 9.50. The highest BCUT2D eigenvalue weighted by atomic mass is 79.9. The van der Waals surface area contributed by atoms with E-state index in [1.165, 1.54) is 11.4 Å². The van der Waals surface area contributed by atoms with Crippen LogP contribution < -0.4 is 10.2 Å². The van der Waals surface area contributed by atoms with E-state index in [1.54, 1.807) is 7.11 Å². The summed E-state index contributed by atoms with van der Waals surface area (Å²) in [6, 6.07) is 6.39. The summed E-state index contributed by atoms with van der Waals surface area (Å²) < 4.78 is 6.21. The smallest absolute Gasteiger partial charge is 0.0603 e. The maximum absolute atomic E-state index is 5.09. The molecule has 0 spiro atoms. The van der Waals surface area contributed by atoms with Crippen LogP contribution in [-0.4, -0.2) is 33.4 Å². The molecule has 1 aliphatic rings. The lowest BCUT2D eigenvalue weighted by atomic mass is 10.2. The quantitative estimate of drug-likeness (QED) is 0.861. The third-order valence-corrected chi connectivity index (χ3v) is 3.27. The van der Waals surface area contributed by atoms with Crippen LogP contribution >= 0.6 is 15.9 Å². The van der Waals surface area contributed by atoms with Gasteiger partial charge < -0.3 is 15.0 Å². The Balaban J connectivity index is 2.07. The minimum atomic E-state index is 0.829. The number of benzene rings is 1. The van der Waals surface area contributed by atoms with Crippen molar-refractivity contribution in [2.45, 2.75) is 6.42 Å². The molecule has 0 radical (unpaired) electrons. The molecule has 88 valence electrons. The highest BCUT2D eigenvalue weighted by molar-refractivity contribution is 9.10. The molecule has 3 nitrogen and oxygen atoms in total. The number of hydrogen-bond acceptors (Lipinski definition) is 3. The first-order chi connectivity index (χ1) is 7.81. The van der Waals surface area contributed by atoms with Crippen molar-refractivity contribution in [1.82, 2.24) is 0 Å². The van der Waals surface area contributed by atoms with Crippen molar-refractivity contribution in [3.05, 3.63) is 22.7 Å². The first kappa shape index (κ1) is 11.7. The first-order valence-corrected chi connectivity index (χ1v) is 6.38. The summed E-state index contributed by atoms with van der Waals surface area (Å²) in [5.41, 5.74) is 2.52. The lowest BCUT2D eigenvalue weighted by Crippen LogP contribution is -2.35. The van der Waals surface area contributed by atoms with Gasteiger partial charge in [-0.2, -0.15) is 0 Å². The van der Waals surface area contributed by atoms with Gasteiger partial charge in [-0.05, 0) is 24.6 Å². The maximum Gasteiger partial charge on any atom is 0.0603 e. The molecule has 0 aromatic heterocycles. The van der Waals surface area contributed by atoms with Gasteiger partial charge in [0, 0.05) is 37.8 Å². The van der Waals surface area contributed by atoms with Crippen molar-refractivity contribution in [3.8, 4) is 0 Å². The zero-order chi connectivity index (χ0) is 11.4. The molecule has 1 aromatic rings. The van der Waals surface area contributed by atoms with E-state index in [4.69, 9.17) is 4.74 Å². The fourth-order valence-electron chi connectivity index (χ4n) is 2.00. The number of ether oxygens (including phenoxy) is 1. The van der Waals surface area contributed by atoms with Gasteiger partial charge in [-0.3, -0.25) is 0 Å². The number of nitrogens with one attached hydrogen (secondary N) is 1. The van der Waals surface area contributed by atoms with Crippen molar-refractivity contribution < 1.29 is 4.74 Å². The summed E-state index contributed by atoms with van der Waals surface area (Å²) in [5.74, 6) is 0. The Labute approximate surface area is 105 Å². The average Bonchev–Trinajstić information content (AvgIpc) is 2.29. The molecule has 0 bridgehead atoms. The van der Waals surface area contributed by atoms with E-state index >= 15 is 0 Å². The first-order valence-electron chi connectivity index (χ1n) is 5.58. The number of methoxy groups -OCH3 is 1. The molecule has 2 rings (SSSR count). The lowest BCUT2D eigenvalue weighted by molar-refractivity contribution is 0.196. The Morgan fingerprint density at radius 3 is 3.19 bits per heavy atom. The summed E-state index contributed by atoms with van der Waals surface area (Å²) in [4.78, 5) is 2.41. The fraction of sp³-hybridized carbons (Fsp3) is 0.500. The van der Waals surface area contributed by atoms with E-state index in [-0.39, 0.29) is 0 Å². The van der Waals surface area contributed by atoms with Crippen LogP contribution in [0.15, 0.2) is 22.7 Å². The predicted octanol–water partition coefficient (Wildman–Crippen LogP) is 2.72. The second-order valence-electron chi connectivity index (χ2n) is 3.92. The Morgan fingerprint density at radius 1 is 1.50 bits per heavy atom. The number of nitrogens with zero attached hydrogens (tertiary/aromatic N) is 1. The minimum absolute atomic E-state index is 0.829. The highest BCUT2D eigenvalue weighted by Crippen LogP contribution is 2.31. The fourth-order valence-corrected chi connectivity index (χ4v) is 2.36. The van der Waals surface area contributed by atoms with Gasteiger partial charge in [0.05, 0.1) is 11.4 Å². The molecule has 16 heavy (non-hydrogen) atoms. The molecule has 1 aliphatic heterocycles. The number of anilines is 2. The zero-order valence-corrected chi connectivity index (χ0v) is 11.1. The molecular formula is C12H17BrN2O. The van der Waals surface area contributed by atoms with E-state index in [0.717, 1.165) is 37.1 Å². The number of fused-ring (bicyclic) bond motifs is 1. The van der Waals surface area contributed by atoms with Gasteiger partial charge in [0.15, 0.2) is 0 Å². The molecular weight excluding hydrogens is 268 g/mol. The van der Waals surface area contributed by atoms with Gasteiger partial charge >= 0.3 is 0 Å². The molecule has 0 atom stereocenters. The molecule has 4 heteroatoms. The van der Waals surface area contributed by atoms with Crippen molar-refractivity contribution in [3.63, 3.8) is 0 Å². The molecule has 0 saturated heterocycles. The van der Waals surface area contributed by atoms with E-state index in [2.05, 4.69) is 44.3 Å². The summed E-state index contributed by atoms with van der Waals surface area (Å²) in [6.45, 7) is 3.97. The molecule has 1 aromatic carbocycles. The SMILES string of the molecule is COCCCN1CCNc2cc(Br)ccc21. The Hall–Kier alpha value is -0.740. The van der Waals surface area contributed by atoms with Crippen molar-refractivity contribution in [2.75, 3.05) is 43.6 Å². The summed E-state index contributed by atoms with van der Waals surface area (Å²) in [6.07, 6.45) is 1.08. The monoisotopic (exact) mass is 284 g/mol. The predicted molar refractivity (Wildman–Crippen MR) is 71.3 cm³/mol. The molecule has 0 unspecified atom stereocenters. The largest absolute Gasteiger partial charge is 0.385 e. The van der Waals surface area contributed by atoms with Crippen LogP contribution in [0.3, 0.4) is 0 Å². The van der Waals surface area contributed by atoms with Crippen LogP contribution in [-0.2, 0) is 4.74 Å². The van der Waals surface area contributed by atoms with E-state index in [0.29, 0.717) is 0 Å². The Kier molecular flexibility index (Phi) is 4.07. The van der Waals surface area contributed by atoms with Crippen LogP contribution in [0, 0.1) is 0 Å². The van der Waals surface area contributed by atoms with Gasteiger partial charge in [-0.25, -0.2) is 0 Å². The standard InChI is InChI=1S/C12H17BrN2O/c1-16-8-2-6-15-7-5-14-11-9-10(13)3-4-12(11)15/h3-4,9,14H,2,5-8H2,1H3. The van der Waals surface area contributed by atoms with E-state index in [9.17, 15) is 0 Å². The van der Waals surface area contributed by atoms with Crippen LogP contribution in [0.25, 0.3) is 0 Å². The van der Waals surface area contributed by atoms with Gasteiger partial charge in [0.2, 0.25) is 0 Å². The van der Waals surface area contributed by atoms with Gasteiger partial charge in [-0.1, -0.05) is 15.9 Å². The van der Waals surface area contributed by atoms with Crippen LogP contribution in [0.5, 0.6) is 0 Å². The van der Waals surface area contributed by atoms with Crippen LogP contribution in [0.4, 0.5) is 11.4 Å². The maximum atomic E-state index is 5.09. The van der Waals surface area contributed by atoms with Crippen LogP contribution in [0.1, 0.15) is 6.42 Å². The second kappa shape index (κ2) is 5.55. The summed E-state index contributed by atoms with van der Waals surface area (Å²) in [7, 11) is 1.75. The minimum Gasteiger partial charge on any atom is -0.385 e. The van der Waals surface area contributed by atoms with Gasteiger partial charge in [-0.15, -0.1) is 0 Å². The van der Waals surface area contributed by atoms with Crippen LogP contribution in [0.2, 0.25) is 0 Å². The van der Waals surface area contributed by atoms with Crippen molar-refractivity contribution in [1.29, 1.82) is 0 Å². The van der Waals surface area contributed by atoms with Crippen molar-refractivity contribution >= 4 is 27.3 Å². The molecule has 1 heterocycles. The Morgan fingerprint density at radius 2 is 2.38 bits per heavy atom. The van der Waals surface area contributed by atoms with Crippen molar-refractivity contribution in [2.24, 2.45) is 0 Å². The molecule has 0 amide bonds. The molecule has 0 saturated carbocycles. The number of halogens is 1. The third-order valence-electron chi connectivity index (χ3n) is 2.77. The normalized spacial score (nSPS) is 14.5. The summed E-state index contributed by atoms with van der Waals surface area (Å²) >= 11 is 3.50. The third kappa shape index (κ3) is 2.68. The second-order valence-corrected chi connectivity index (χ2v) is 4.84. The Bertz CT molecular complexity index is 357. The molecule has 1 N–H and O–H groups in total. The van der Waals surface area contributed by atoms with Gasteiger partial charge in [0.1, 0.15) is 0 Å². The summed E-state index contributed by atoms with van der Waals surface area (Å²) in [5, 5.41) is 3.42. The molecule has 0 aliphatic carbocycles.